The first-order valence-electron chi connectivity index (χ1n) is 10.1. The molecule has 29 heavy (non-hydrogen) atoms. The second-order valence-electron chi connectivity index (χ2n) is 7.37. The first kappa shape index (κ1) is 20.8. The van der Waals surface area contributed by atoms with Crippen LogP contribution < -0.4 is 10.6 Å². The first-order chi connectivity index (χ1) is 14.1. The van der Waals surface area contributed by atoms with Crippen molar-refractivity contribution in [3.8, 4) is 0 Å². The highest BCUT2D eigenvalue weighted by Gasteiger charge is 2.19. The van der Waals surface area contributed by atoms with Crippen molar-refractivity contribution in [2.45, 2.75) is 39.3 Å². The van der Waals surface area contributed by atoms with Crippen LogP contribution in [0, 0.1) is 12.7 Å². The summed E-state index contributed by atoms with van der Waals surface area (Å²) in [6.07, 6.45) is 2.19. The van der Waals surface area contributed by atoms with E-state index < -0.39 is 0 Å². The van der Waals surface area contributed by atoms with E-state index in [-0.39, 0.29) is 11.7 Å². The number of hydrogen-bond donors (Lipinski definition) is 2. The molecule has 3 rings (SSSR count). The Morgan fingerprint density at radius 2 is 1.97 bits per heavy atom. The molecular formula is C23H29FN4O. The van der Waals surface area contributed by atoms with Gasteiger partial charge in [0.15, 0.2) is 5.96 Å². The highest BCUT2D eigenvalue weighted by atomic mass is 19.1. The zero-order valence-electron chi connectivity index (χ0n) is 17.2. The number of aliphatic imine (C=N–C) groups is 1. The van der Waals surface area contributed by atoms with Crippen molar-refractivity contribution >= 4 is 11.9 Å². The summed E-state index contributed by atoms with van der Waals surface area (Å²) < 4.78 is 13.4. The fourth-order valence-corrected chi connectivity index (χ4v) is 3.54. The van der Waals surface area contributed by atoms with Crippen molar-refractivity contribution in [1.29, 1.82) is 0 Å². The van der Waals surface area contributed by atoms with Gasteiger partial charge in [0.2, 0.25) is 5.91 Å². The summed E-state index contributed by atoms with van der Waals surface area (Å²) in [6.45, 7) is 4.49. The Hall–Kier alpha value is -2.89. The predicted molar refractivity (Wildman–Crippen MR) is 114 cm³/mol. The van der Waals surface area contributed by atoms with Gasteiger partial charge < -0.3 is 15.5 Å². The molecule has 5 nitrogen and oxygen atoms in total. The second-order valence-corrected chi connectivity index (χ2v) is 7.37. The average molecular weight is 397 g/mol. The Morgan fingerprint density at radius 1 is 1.17 bits per heavy atom. The molecule has 0 atom stereocenters. The molecule has 0 radical (unpaired) electrons. The van der Waals surface area contributed by atoms with Crippen LogP contribution in [0.4, 0.5) is 4.39 Å². The lowest BCUT2D eigenvalue weighted by molar-refractivity contribution is -0.132. The van der Waals surface area contributed by atoms with Crippen LogP contribution in [0.25, 0.3) is 0 Å². The highest BCUT2D eigenvalue weighted by molar-refractivity contribution is 5.80. The standard InChI is InChI=1S/C23H29FN4O/c1-17-14-18(9-10-21(17)24)15-27-23(25-2)26-12-5-8-22(29)28-13-11-19-6-3-4-7-20(19)16-28/h3-4,6-7,9-10,14H,5,8,11-13,15-16H2,1-2H3,(H2,25,26,27). The van der Waals surface area contributed by atoms with Gasteiger partial charge in [-0.25, -0.2) is 4.39 Å². The maximum atomic E-state index is 13.4. The zero-order chi connectivity index (χ0) is 20.6. The minimum absolute atomic E-state index is 0.196. The van der Waals surface area contributed by atoms with E-state index >= 15 is 0 Å². The molecule has 1 aliphatic heterocycles. The van der Waals surface area contributed by atoms with E-state index in [1.54, 1.807) is 20.0 Å². The normalized spacial score (nSPS) is 13.8. The van der Waals surface area contributed by atoms with Crippen LogP contribution >= 0.6 is 0 Å². The monoisotopic (exact) mass is 396 g/mol. The summed E-state index contributed by atoms with van der Waals surface area (Å²) in [6, 6.07) is 13.4. The lowest BCUT2D eigenvalue weighted by atomic mass is 9.99. The third-order valence-electron chi connectivity index (χ3n) is 5.25. The number of rotatable bonds is 6. The van der Waals surface area contributed by atoms with Gasteiger partial charge in [-0.1, -0.05) is 36.4 Å². The minimum Gasteiger partial charge on any atom is -0.356 e. The van der Waals surface area contributed by atoms with Gasteiger partial charge in [-0.05, 0) is 48.1 Å². The number of aryl methyl sites for hydroxylation is 1. The Labute approximate surface area is 172 Å². The Morgan fingerprint density at radius 3 is 2.72 bits per heavy atom. The summed E-state index contributed by atoms with van der Waals surface area (Å²) in [5, 5.41) is 6.45. The molecule has 1 heterocycles. The summed E-state index contributed by atoms with van der Waals surface area (Å²) in [7, 11) is 1.71. The van der Waals surface area contributed by atoms with Crippen LogP contribution in [0.5, 0.6) is 0 Å². The highest BCUT2D eigenvalue weighted by Crippen LogP contribution is 2.19. The van der Waals surface area contributed by atoms with Gasteiger partial charge in [0, 0.05) is 39.6 Å². The molecule has 2 N–H and O–H groups in total. The first-order valence-corrected chi connectivity index (χ1v) is 10.1. The van der Waals surface area contributed by atoms with E-state index in [4.69, 9.17) is 0 Å². The fourth-order valence-electron chi connectivity index (χ4n) is 3.54. The number of carbonyl (C=O) groups is 1. The number of halogens is 1. The van der Waals surface area contributed by atoms with Crippen molar-refractivity contribution < 1.29 is 9.18 Å². The van der Waals surface area contributed by atoms with Gasteiger partial charge in [-0.15, -0.1) is 0 Å². The van der Waals surface area contributed by atoms with Gasteiger partial charge in [0.1, 0.15) is 5.82 Å². The van der Waals surface area contributed by atoms with E-state index in [1.165, 1.54) is 17.2 Å². The van der Waals surface area contributed by atoms with Gasteiger partial charge in [0.05, 0.1) is 0 Å². The second kappa shape index (κ2) is 10.0. The van der Waals surface area contributed by atoms with Crippen molar-refractivity contribution in [3.63, 3.8) is 0 Å². The molecular weight excluding hydrogens is 367 g/mol. The SMILES string of the molecule is CN=C(NCCCC(=O)N1CCc2ccccc2C1)NCc1ccc(F)c(C)c1. The fraction of sp³-hybridized carbons (Fsp3) is 0.391. The lowest BCUT2D eigenvalue weighted by Crippen LogP contribution is -2.38. The molecule has 0 unspecified atom stereocenters. The van der Waals surface area contributed by atoms with Gasteiger partial charge in [-0.3, -0.25) is 9.79 Å². The van der Waals surface area contributed by atoms with E-state index in [1.807, 2.05) is 17.0 Å². The lowest BCUT2D eigenvalue weighted by Gasteiger charge is -2.29. The number of hydrogen-bond acceptors (Lipinski definition) is 2. The summed E-state index contributed by atoms with van der Waals surface area (Å²) in [4.78, 5) is 18.7. The number of carbonyl (C=O) groups excluding carboxylic acids is 1. The quantitative estimate of drug-likeness (QED) is 0.448. The maximum absolute atomic E-state index is 13.4. The molecule has 0 saturated heterocycles. The molecule has 0 bridgehead atoms. The summed E-state index contributed by atoms with van der Waals surface area (Å²) in [5.41, 5.74) is 4.23. The topological polar surface area (TPSA) is 56.7 Å². The Kier molecular flexibility index (Phi) is 7.22. The molecule has 1 aliphatic rings. The molecule has 2 aromatic rings. The number of guanidine groups is 1. The third kappa shape index (κ3) is 5.79. The largest absolute Gasteiger partial charge is 0.356 e. The summed E-state index contributed by atoms with van der Waals surface area (Å²) >= 11 is 0. The van der Waals surface area contributed by atoms with Crippen LogP contribution in [0.3, 0.4) is 0 Å². The Balaban J connectivity index is 1.37. The predicted octanol–water partition coefficient (Wildman–Crippen LogP) is 3.16. The molecule has 154 valence electrons. The van der Waals surface area contributed by atoms with Gasteiger partial charge in [0.25, 0.3) is 0 Å². The smallest absolute Gasteiger partial charge is 0.222 e. The molecule has 0 saturated carbocycles. The van der Waals surface area contributed by atoms with Crippen molar-refractivity contribution in [2.24, 2.45) is 4.99 Å². The molecule has 2 aromatic carbocycles. The molecule has 1 amide bonds. The van der Waals surface area contributed by atoms with E-state index in [9.17, 15) is 9.18 Å². The van der Waals surface area contributed by atoms with Crippen LogP contribution in [-0.4, -0.2) is 36.9 Å². The minimum atomic E-state index is -0.196. The van der Waals surface area contributed by atoms with Crippen LogP contribution in [0.2, 0.25) is 0 Å². The van der Waals surface area contributed by atoms with Crippen molar-refractivity contribution in [3.05, 3.63) is 70.5 Å². The molecule has 0 spiro atoms. The van der Waals surface area contributed by atoms with Crippen LogP contribution in [0.1, 0.15) is 35.1 Å². The molecule has 0 aliphatic carbocycles. The van der Waals surface area contributed by atoms with E-state index in [0.717, 1.165) is 24.9 Å². The van der Waals surface area contributed by atoms with Crippen molar-refractivity contribution in [2.75, 3.05) is 20.1 Å². The van der Waals surface area contributed by atoms with Crippen molar-refractivity contribution in [1.82, 2.24) is 15.5 Å². The van der Waals surface area contributed by atoms with E-state index in [2.05, 4.69) is 33.8 Å². The maximum Gasteiger partial charge on any atom is 0.222 e. The number of benzene rings is 2. The van der Waals surface area contributed by atoms with Crippen LogP contribution in [-0.2, 0) is 24.3 Å². The zero-order valence-corrected chi connectivity index (χ0v) is 17.2. The molecule has 0 fully saturated rings. The molecule has 6 heteroatoms. The summed E-state index contributed by atoms with van der Waals surface area (Å²) in [5.74, 6) is 0.676. The third-order valence-corrected chi connectivity index (χ3v) is 5.25. The average Bonchev–Trinajstić information content (AvgIpc) is 2.75. The van der Waals surface area contributed by atoms with Gasteiger partial charge in [-0.2, -0.15) is 0 Å². The molecule has 0 aromatic heterocycles. The number of fused-ring (bicyclic) bond motifs is 1. The van der Waals surface area contributed by atoms with Crippen LogP contribution in [0.15, 0.2) is 47.5 Å². The van der Waals surface area contributed by atoms with Gasteiger partial charge >= 0.3 is 0 Å². The Bertz CT molecular complexity index is 881. The number of nitrogens with zero attached hydrogens (tertiary/aromatic N) is 2. The number of amides is 1. The number of nitrogens with one attached hydrogen (secondary N) is 2. The van der Waals surface area contributed by atoms with E-state index in [0.29, 0.717) is 37.6 Å².